The number of amides is 3. The van der Waals surface area contributed by atoms with Gasteiger partial charge in [0.15, 0.2) is 0 Å². The highest BCUT2D eigenvalue weighted by molar-refractivity contribution is 5.95. The van der Waals surface area contributed by atoms with Crippen molar-refractivity contribution in [3.05, 3.63) is 29.8 Å². The average Bonchev–Trinajstić information content (AvgIpc) is 2.65. The molecule has 4 aliphatic rings. The van der Waals surface area contributed by atoms with Gasteiger partial charge in [-0.25, -0.2) is 4.79 Å². The lowest BCUT2D eigenvalue weighted by molar-refractivity contribution is -0.0679. The summed E-state index contributed by atoms with van der Waals surface area (Å²) in [5, 5.41) is 9.07. The monoisotopic (exact) mass is 397 g/mol. The second-order valence-electron chi connectivity index (χ2n) is 10.3. The highest BCUT2D eigenvalue weighted by atomic mass is 16.2. The molecule has 1 aromatic rings. The highest BCUT2D eigenvalue weighted by Gasteiger charge is 2.53. The molecule has 0 spiro atoms. The summed E-state index contributed by atoms with van der Waals surface area (Å²) in [7, 11) is 0. The molecule has 1 unspecified atom stereocenters. The molecule has 0 heterocycles. The Balaban J connectivity index is 1.31. The fraction of sp³-hybridized carbons (Fsp3) is 0.667. The van der Waals surface area contributed by atoms with Gasteiger partial charge in [0.1, 0.15) is 0 Å². The van der Waals surface area contributed by atoms with Gasteiger partial charge in [-0.3, -0.25) is 4.79 Å². The second-order valence-corrected chi connectivity index (χ2v) is 10.3. The highest BCUT2D eigenvalue weighted by Crippen LogP contribution is 2.61. The summed E-state index contributed by atoms with van der Waals surface area (Å²) in [6.45, 7) is 6.98. The first-order valence-corrected chi connectivity index (χ1v) is 11.3. The molecule has 0 radical (unpaired) electrons. The zero-order valence-electron chi connectivity index (χ0n) is 18.0. The Bertz CT molecular complexity index is 721. The zero-order valence-corrected chi connectivity index (χ0v) is 18.0. The van der Waals surface area contributed by atoms with Crippen LogP contribution in [0.2, 0.25) is 0 Å². The van der Waals surface area contributed by atoms with E-state index in [4.69, 9.17) is 0 Å². The molecule has 1 aromatic carbocycles. The van der Waals surface area contributed by atoms with Crippen LogP contribution in [-0.4, -0.2) is 24.5 Å². The third-order valence-electron chi connectivity index (χ3n) is 7.43. The lowest BCUT2D eigenvalue weighted by Crippen LogP contribution is -2.56. The van der Waals surface area contributed by atoms with E-state index in [-0.39, 0.29) is 18.0 Å². The fourth-order valence-corrected chi connectivity index (χ4v) is 6.33. The van der Waals surface area contributed by atoms with Crippen molar-refractivity contribution in [1.29, 1.82) is 0 Å². The van der Waals surface area contributed by atoms with Gasteiger partial charge in [0, 0.05) is 23.8 Å². The van der Waals surface area contributed by atoms with Crippen LogP contribution in [0, 0.1) is 29.1 Å². The molecule has 4 saturated carbocycles. The average molecular weight is 398 g/mol. The predicted molar refractivity (Wildman–Crippen MR) is 116 cm³/mol. The van der Waals surface area contributed by atoms with Gasteiger partial charge in [-0.05, 0) is 98.8 Å². The van der Waals surface area contributed by atoms with E-state index in [1.807, 2.05) is 0 Å². The summed E-state index contributed by atoms with van der Waals surface area (Å²) in [5.41, 5.74) is 1.61. The smallest absolute Gasteiger partial charge is 0.319 e. The molecule has 3 N–H and O–H groups in total. The second kappa shape index (κ2) is 8.00. The normalized spacial score (nSPS) is 30.8. The first-order chi connectivity index (χ1) is 13.8. The molecule has 5 rings (SSSR count). The first kappa shape index (κ1) is 20.2. The Hall–Kier alpha value is -2.04. The SMILES string of the molecule is CC(C)CNC(=O)c1ccc(NC(=O)NC(C)C23CC4CC(CC(C4)C2)C3)cc1. The van der Waals surface area contributed by atoms with Crippen LogP contribution in [0.5, 0.6) is 0 Å². The third kappa shape index (κ3) is 4.44. The molecule has 0 saturated heterocycles. The molecule has 0 aromatic heterocycles. The van der Waals surface area contributed by atoms with E-state index >= 15 is 0 Å². The summed E-state index contributed by atoms with van der Waals surface area (Å²) in [4.78, 5) is 24.7. The molecule has 29 heavy (non-hydrogen) atoms. The van der Waals surface area contributed by atoms with Crippen molar-refractivity contribution < 1.29 is 9.59 Å². The van der Waals surface area contributed by atoms with Crippen LogP contribution < -0.4 is 16.0 Å². The van der Waals surface area contributed by atoms with E-state index in [1.165, 1.54) is 38.5 Å². The molecular formula is C24H35N3O2. The maximum atomic E-state index is 12.6. The topological polar surface area (TPSA) is 70.2 Å². The molecule has 5 nitrogen and oxygen atoms in total. The summed E-state index contributed by atoms with van der Waals surface area (Å²) in [5.74, 6) is 2.97. The van der Waals surface area contributed by atoms with Gasteiger partial charge in [-0.15, -0.1) is 0 Å². The first-order valence-electron chi connectivity index (χ1n) is 11.3. The lowest BCUT2D eigenvalue weighted by Gasteiger charge is -2.59. The van der Waals surface area contributed by atoms with Crippen LogP contribution in [0.1, 0.15) is 69.7 Å². The molecule has 1 atom stereocenters. The van der Waals surface area contributed by atoms with Gasteiger partial charge in [-0.1, -0.05) is 13.8 Å². The molecule has 158 valence electrons. The maximum absolute atomic E-state index is 12.6. The number of benzene rings is 1. The van der Waals surface area contributed by atoms with Crippen molar-refractivity contribution in [3.63, 3.8) is 0 Å². The third-order valence-corrected chi connectivity index (χ3v) is 7.43. The van der Waals surface area contributed by atoms with Crippen LogP contribution >= 0.6 is 0 Å². The standard InChI is InChI=1S/C24H35N3O2/c1-15(2)14-25-22(28)20-4-6-21(7-5-20)27-23(29)26-16(3)24-11-17-8-18(12-24)10-19(9-17)13-24/h4-7,15-19H,8-14H2,1-3H3,(H,25,28)(H2,26,27,29). The molecule has 4 aliphatic carbocycles. The molecule has 0 aliphatic heterocycles. The van der Waals surface area contributed by atoms with Crippen LogP contribution in [-0.2, 0) is 0 Å². The Morgan fingerprint density at radius 2 is 1.52 bits per heavy atom. The summed E-state index contributed by atoms with van der Waals surface area (Å²) in [6.07, 6.45) is 8.07. The van der Waals surface area contributed by atoms with E-state index in [2.05, 4.69) is 36.7 Å². The number of hydrogen-bond acceptors (Lipinski definition) is 2. The number of urea groups is 1. The van der Waals surface area contributed by atoms with Gasteiger partial charge in [-0.2, -0.15) is 0 Å². The fourth-order valence-electron chi connectivity index (χ4n) is 6.33. The van der Waals surface area contributed by atoms with Crippen molar-refractivity contribution in [2.45, 2.75) is 65.3 Å². The Kier molecular flexibility index (Phi) is 5.58. The quantitative estimate of drug-likeness (QED) is 0.645. The van der Waals surface area contributed by atoms with Gasteiger partial charge < -0.3 is 16.0 Å². The van der Waals surface area contributed by atoms with Crippen molar-refractivity contribution in [1.82, 2.24) is 10.6 Å². The van der Waals surface area contributed by atoms with Crippen molar-refractivity contribution in [3.8, 4) is 0 Å². The van der Waals surface area contributed by atoms with Crippen LogP contribution in [0.15, 0.2) is 24.3 Å². The maximum Gasteiger partial charge on any atom is 0.319 e. The minimum absolute atomic E-state index is 0.0786. The zero-order chi connectivity index (χ0) is 20.6. The number of anilines is 1. The molecule has 3 amide bonds. The lowest BCUT2D eigenvalue weighted by atomic mass is 9.48. The summed E-state index contributed by atoms with van der Waals surface area (Å²) >= 11 is 0. The van der Waals surface area contributed by atoms with Crippen LogP contribution in [0.25, 0.3) is 0 Å². The molecular weight excluding hydrogens is 362 g/mol. The van der Waals surface area contributed by atoms with E-state index in [9.17, 15) is 9.59 Å². The van der Waals surface area contributed by atoms with Gasteiger partial charge in [0.05, 0.1) is 0 Å². The Morgan fingerprint density at radius 3 is 2.03 bits per heavy atom. The molecule has 5 heteroatoms. The van der Waals surface area contributed by atoms with Crippen LogP contribution in [0.4, 0.5) is 10.5 Å². The minimum Gasteiger partial charge on any atom is -0.352 e. The number of carbonyl (C=O) groups is 2. The summed E-state index contributed by atoms with van der Waals surface area (Å²) < 4.78 is 0. The largest absolute Gasteiger partial charge is 0.352 e. The van der Waals surface area contributed by atoms with Crippen molar-refractivity contribution in [2.75, 3.05) is 11.9 Å². The van der Waals surface area contributed by atoms with E-state index < -0.39 is 0 Å². The number of nitrogens with one attached hydrogen (secondary N) is 3. The van der Waals surface area contributed by atoms with Crippen LogP contribution in [0.3, 0.4) is 0 Å². The van der Waals surface area contributed by atoms with E-state index in [1.54, 1.807) is 24.3 Å². The molecule has 4 fully saturated rings. The van der Waals surface area contributed by atoms with Gasteiger partial charge in [0.25, 0.3) is 5.91 Å². The van der Waals surface area contributed by atoms with Crippen molar-refractivity contribution >= 4 is 17.6 Å². The van der Waals surface area contributed by atoms with Gasteiger partial charge >= 0.3 is 6.03 Å². The van der Waals surface area contributed by atoms with E-state index in [0.717, 1.165) is 17.8 Å². The number of hydrogen-bond donors (Lipinski definition) is 3. The van der Waals surface area contributed by atoms with E-state index in [0.29, 0.717) is 29.1 Å². The summed E-state index contributed by atoms with van der Waals surface area (Å²) in [6, 6.07) is 7.14. The number of rotatable bonds is 6. The number of carbonyl (C=O) groups excluding carboxylic acids is 2. The Labute approximate surface area is 174 Å². The van der Waals surface area contributed by atoms with Crippen molar-refractivity contribution in [2.24, 2.45) is 29.1 Å². The van der Waals surface area contributed by atoms with Gasteiger partial charge in [0.2, 0.25) is 0 Å². The Morgan fingerprint density at radius 1 is 0.966 bits per heavy atom. The minimum atomic E-state index is -0.148. The predicted octanol–water partition coefficient (Wildman–Crippen LogP) is 4.80. The molecule has 4 bridgehead atoms.